The van der Waals surface area contributed by atoms with Gasteiger partial charge in [-0.05, 0) is 25.0 Å². The third-order valence-electron chi connectivity index (χ3n) is 4.53. The fourth-order valence-corrected chi connectivity index (χ4v) is 4.96. The molecule has 0 radical (unpaired) electrons. The van der Waals surface area contributed by atoms with Crippen LogP contribution >= 0.6 is 22.7 Å². The molecule has 3 heterocycles. The molecule has 1 atom stereocenters. The van der Waals surface area contributed by atoms with Crippen LogP contribution in [0.25, 0.3) is 10.2 Å². The van der Waals surface area contributed by atoms with Crippen LogP contribution in [0.15, 0.2) is 30.5 Å². The molecule has 1 aromatic carbocycles. The number of rotatable bonds is 4. The third kappa shape index (κ3) is 3.90. The van der Waals surface area contributed by atoms with Crippen LogP contribution in [-0.2, 0) is 10.2 Å². The van der Waals surface area contributed by atoms with Crippen LogP contribution in [0, 0.1) is 0 Å². The van der Waals surface area contributed by atoms with E-state index in [0.717, 1.165) is 39.8 Å². The fourth-order valence-electron chi connectivity index (χ4n) is 3.07. The highest BCUT2D eigenvalue weighted by molar-refractivity contribution is 7.22. The molecule has 0 N–H and O–H groups in total. The van der Waals surface area contributed by atoms with E-state index in [0.29, 0.717) is 11.4 Å². The Balaban J connectivity index is 1.68. The predicted molar refractivity (Wildman–Crippen MR) is 111 cm³/mol. The minimum absolute atomic E-state index is 0.0439. The second kappa shape index (κ2) is 7.30. The molecule has 7 heteroatoms. The van der Waals surface area contributed by atoms with Gasteiger partial charge in [-0.15, -0.1) is 11.3 Å². The topological polar surface area (TPSA) is 55.3 Å². The van der Waals surface area contributed by atoms with Crippen LogP contribution in [0.1, 0.15) is 48.3 Å². The van der Waals surface area contributed by atoms with Crippen molar-refractivity contribution < 1.29 is 9.53 Å². The van der Waals surface area contributed by atoms with E-state index >= 15 is 0 Å². The Hall–Kier alpha value is -1.83. The first-order valence-electron chi connectivity index (χ1n) is 9.17. The molecule has 27 heavy (non-hydrogen) atoms. The van der Waals surface area contributed by atoms with Gasteiger partial charge in [-0.25, -0.2) is 9.97 Å². The Morgan fingerprint density at radius 2 is 2.11 bits per heavy atom. The molecule has 1 fully saturated rings. The van der Waals surface area contributed by atoms with Gasteiger partial charge in [0.15, 0.2) is 5.13 Å². The first kappa shape index (κ1) is 18.5. The number of nitrogens with zero attached hydrogens (tertiary/aromatic N) is 3. The minimum Gasteiger partial charge on any atom is -0.376 e. The van der Waals surface area contributed by atoms with E-state index < -0.39 is 0 Å². The van der Waals surface area contributed by atoms with E-state index in [1.54, 1.807) is 22.4 Å². The van der Waals surface area contributed by atoms with Crippen molar-refractivity contribution in [2.24, 2.45) is 0 Å². The molecule has 1 amide bonds. The number of hydrogen-bond acceptors (Lipinski definition) is 6. The number of carbonyl (C=O) groups excluding carboxylic acids is 1. The van der Waals surface area contributed by atoms with Crippen molar-refractivity contribution in [1.29, 1.82) is 0 Å². The summed E-state index contributed by atoms with van der Waals surface area (Å²) in [6.45, 7) is 7.62. The number of para-hydroxylation sites is 1. The van der Waals surface area contributed by atoms with Crippen LogP contribution in [0.4, 0.5) is 5.13 Å². The largest absolute Gasteiger partial charge is 0.376 e. The summed E-state index contributed by atoms with van der Waals surface area (Å²) in [5.74, 6) is -0.0439. The summed E-state index contributed by atoms with van der Waals surface area (Å²) in [6.07, 6.45) is 3.78. The van der Waals surface area contributed by atoms with Gasteiger partial charge in [0.05, 0.1) is 34.1 Å². The Kier molecular flexibility index (Phi) is 5.01. The van der Waals surface area contributed by atoms with Gasteiger partial charge >= 0.3 is 0 Å². The van der Waals surface area contributed by atoms with Gasteiger partial charge in [-0.3, -0.25) is 9.69 Å². The molecular formula is C20H23N3O2S2. The quantitative estimate of drug-likeness (QED) is 0.625. The lowest BCUT2D eigenvalue weighted by Crippen LogP contribution is -2.37. The Labute approximate surface area is 167 Å². The van der Waals surface area contributed by atoms with E-state index in [9.17, 15) is 4.79 Å². The molecule has 0 aliphatic carbocycles. The number of hydrogen-bond donors (Lipinski definition) is 0. The Bertz CT molecular complexity index is 918. The van der Waals surface area contributed by atoms with Crippen molar-refractivity contribution in [2.75, 3.05) is 18.1 Å². The summed E-state index contributed by atoms with van der Waals surface area (Å²) in [5, 5.41) is 1.69. The monoisotopic (exact) mass is 401 g/mol. The summed E-state index contributed by atoms with van der Waals surface area (Å²) >= 11 is 3.02. The van der Waals surface area contributed by atoms with Gasteiger partial charge in [-0.2, -0.15) is 0 Å². The number of ether oxygens (including phenoxy) is 1. The fraction of sp³-hybridized carbons (Fsp3) is 0.450. The minimum atomic E-state index is -0.0710. The zero-order valence-electron chi connectivity index (χ0n) is 15.8. The van der Waals surface area contributed by atoms with Crippen LogP contribution < -0.4 is 4.90 Å². The number of aromatic nitrogens is 2. The molecule has 3 aromatic rings. The normalized spacial score (nSPS) is 17.5. The van der Waals surface area contributed by atoms with E-state index in [1.165, 1.54) is 11.3 Å². The molecular weight excluding hydrogens is 378 g/mol. The number of benzene rings is 1. The number of thiazole rings is 2. The van der Waals surface area contributed by atoms with Crippen molar-refractivity contribution in [1.82, 2.24) is 9.97 Å². The van der Waals surface area contributed by atoms with E-state index in [2.05, 4.69) is 25.8 Å². The lowest BCUT2D eigenvalue weighted by molar-refractivity contribution is 0.0920. The molecule has 0 spiro atoms. The van der Waals surface area contributed by atoms with Crippen molar-refractivity contribution in [3.05, 3.63) is 40.3 Å². The van der Waals surface area contributed by atoms with Gasteiger partial charge in [0.1, 0.15) is 4.88 Å². The maximum atomic E-state index is 13.4. The van der Waals surface area contributed by atoms with Crippen LogP contribution in [0.2, 0.25) is 0 Å². The van der Waals surface area contributed by atoms with Crippen LogP contribution in [-0.4, -0.2) is 35.1 Å². The smallest absolute Gasteiger partial charge is 0.271 e. The summed E-state index contributed by atoms with van der Waals surface area (Å²) < 4.78 is 6.88. The molecule has 2 aromatic heterocycles. The molecule has 0 saturated carbocycles. The maximum Gasteiger partial charge on any atom is 0.271 e. The SMILES string of the molecule is CC(C)(C)c1ncc(C(=O)N(CC2CCCO2)c2nc3ccccc3s2)s1. The van der Waals surface area contributed by atoms with Gasteiger partial charge in [0.25, 0.3) is 5.91 Å². The first-order chi connectivity index (χ1) is 12.9. The highest BCUT2D eigenvalue weighted by Gasteiger charge is 2.29. The second-order valence-electron chi connectivity index (χ2n) is 7.79. The molecule has 1 aliphatic rings. The number of anilines is 1. The predicted octanol–water partition coefficient (Wildman–Crippen LogP) is 4.88. The lowest BCUT2D eigenvalue weighted by Gasteiger charge is -2.22. The Morgan fingerprint density at radius 3 is 2.78 bits per heavy atom. The summed E-state index contributed by atoms with van der Waals surface area (Å²) in [5.41, 5.74) is 0.848. The van der Waals surface area contributed by atoms with E-state index in [-0.39, 0.29) is 17.4 Å². The Morgan fingerprint density at radius 1 is 1.30 bits per heavy atom. The van der Waals surface area contributed by atoms with E-state index in [4.69, 9.17) is 9.72 Å². The molecule has 4 rings (SSSR count). The average Bonchev–Trinajstić information content (AvgIpc) is 3.38. The third-order valence-corrected chi connectivity index (χ3v) is 7.00. The maximum absolute atomic E-state index is 13.4. The molecule has 5 nitrogen and oxygen atoms in total. The summed E-state index contributed by atoms with van der Waals surface area (Å²) in [4.78, 5) is 25.0. The number of amides is 1. The van der Waals surface area contributed by atoms with Crippen LogP contribution in [0.3, 0.4) is 0 Å². The zero-order valence-corrected chi connectivity index (χ0v) is 17.4. The molecule has 0 bridgehead atoms. The van der Waals surface area contributed by atoms with Gasteiger partial charge in [0, 0.05) is 12.0 Å². The van der Waals surface area contributed by atoms with Crippen LogP contribution in [0.5, 0.6) is 0 Å². The van der Waals surface area contributed by atoms with Crippen molar-refractivity contribution in [2.45, 2.75) is 45.1 Å². The summed E-state index contributed by atoms with van der Waals surface area (Å²) in [7, 11) is 0. The molecule has 1 unspecified atom stereocenters. The molecule has 1 aliphatic heterocycles. The van der Waals surface area contributed by atoms with Gasteiger partial charge in [0.2, 0.25) is 0 Å². The number of carbonyl (C=O) groups is 1. The standard InChI is InChI=1S/C20H23N3O2S2/c1-20(2,3)18-21-11-16(26-18)17(24)23(12-13-7-6-10-25-13)19-22-14-8-4-5-9-15(14)27-19/h4-5,8-9,11,13H,6-7,10,12H2,1-3H3. The first-order valence-corrected chi connectivity index (χ1v) is 10.8. The zero-order chi connectivity index (χ0) is 19.0. The number of fused-ring (bicyclic) bond motifs is 1. The van der Waals surface area contributed by atoms with Crippen molar-refractivity contribution in [3.63, 3.8) is 0 Å². The van der Waals surface area contributed by atoms with Gasteiger partial charge in [-0.1, -0.05) is 44.2 Å². The van der Waals surface area contributed by atoms with Crippen molar-refractivity contribution in [3.8, 4) is 0 Å². The van der Waals surface area contributed by atoms with E-state index in [1.807, 2.05) is 24.3 Å². The average molecular weight is 402 g/mol. The van der Waals surface area contributed by atoms with Crippen molar-refractivity contribution >= 4 is 43.9 Å². The molecule has 142 valence electrons. The second-order valence-corrected chi connectivity index (χ2v) is 9.83. The lowest BCUT2D eigenvalue weighted by atomic mass is 9.98. The summed E-state index contributed by atoms with van der Waals surface area (Å²) in [6, 6.07) is 7.98. The molecule has 1 saturated heterocycles. The highest BCUT2D eigenvalue weighted by Crippen LogP contribution is 2.33. The highest BCUT2D eigenvalue weighted by atomic mass is 32.1. The van der Waals surface area contributed by atoms with Gasteiger partial charge < -0.3 is 4.74 Å².